The summed E-state index contributed by atoms with van der Waals surface area (Å²) >= 11 is 0. The van der Waals surface area contributed by atoms with Crippen molar-refractivity contribution in [3.05, 3.63) is 41.5 Å². The lowest BCUT2D eigenvalue weighted by molar-refractivity contribution is 0.0910. The van der Waals surface area contributed by atoms with Gasteiger partial charge in [-0.3, -0.25) is 4.79 Å². The van der Waals surface area contributed by atoms with Gasteiger partial charge in [0.25, 0.3) is 5.91 Å². The molecular weight excluding hydrogens is 382 g/mol. The maximum absolute atomic E-state index is 12.0. The van der Waals surface area contributed by atoms with Crippen molar-refractivity contribution in [1.82, 2.24) is 5.32 Å². The monoisotopic (exact) mass is 429 g/mol. The molecule has 0 unspecified atom stereocenters. The standard InChI is InChI=1S/C28H47NO2/c1-2-3-4-5-6-7-8-9-10-11-12-13-14-15-16-17-18-19-22-26-23-20-21-24-27(26)28(31)29-25-30/h19-24,30H,2-18,25H2,1H3,(H,29,31). The molecule has 0 radical (unpaired) electrons. The Labute approximate surface area is 191 Å². The molecule has 3 nitrogen and oxygen atoms in total. The first kappa shape index (κ1) is 27.4. The van der Waals surface area contributed by atoms with Gasteiger partial charge in [0.1, 0.15) is 6.73 Å². The number of carbonyl (C=O) groups excluding carboxylic acids is 1. The summed E-state index contributed by atoms with van der Waals surface area (Å²) in [5.41, 5.74) is 1.52. The van der Waals surface area contributed by atoms with E-state index in [-0.39, 0.29) is 12.6 Å². The number of aliphatic hydroxyl groups excluding tert-OH is 1. The van der Waals surface area contributed by atoms with Crippen molar-refractivity contribution in [1.29, 1.82) is 0 Å². The van der Waals surface area contributed by atoms with E-state index in [1.54, 1.807) is 6.07 Å². The molecule has 0 aromatic heterocycles. The van der Waals surface area contributed by atoms with Gasteiger partial charge in [-0.05, 0) is 24.5 Å². The lowest BCUT2D eigenvalue weighted by Gasteiger charge is -2.05. The van der Waals surface area contributed by atoms with Crippen LogP contribution in [-0.2, 0) is 0 Å². The number of unbranched alkanes of at least 4 members (excludes halogenated alkanes) is 16. The Hall–Kier alpha value is -1.61. The van der Waals surface area contributed by atoms with Crippen LogP contribution in [0.4, 0.5) is 0 Å². The third-order valence-electron chi connectivity index (χ3n) is 5.97. The minimum atomic E-state index is -0.337. The molecule has 1 rings (SSSR count). The van der Waals surface area contributed by atoms with Gasteiger partial charge in [0.2, 0.25) is 0 Å². The topological polar surface area (TPSA) is 49.3 Å². The van der Waals surface area contributed by atoms with E-state index in [4.69, 9.17) is 5.11 Å². The number of nitrogens with one attached hydrogen (secondary N) is 1. The number of allylic oxidation sites excluding steroid dienone is 1. The molecule has 0 spiro atoms. The Balaban J connectivity index is 1.94. The Morgan fingerprint density at radius 3 is 1.77 bits per heavy atom. The van der Waals surface area contributed by atoms with Crippen LogP contribution in [0.1, 0.15) is 132 Å². The first-order valence-electron chi connectivity index (χ1n) is 12.9. The van der Waals surface area contributed by atoms with Crippen LogP contribution in [0.25, 0.3) is 6.08 Å². The third kappa shape index (κ3) is 14.9. The number of amides is 1. The normalized spacial score (nSPS) is 11.3. The van der Waals surface area contributed by atoms with Gasteiger partial charge in [-0.1, -0.05) is 134 Å². The molecule has 1 aromatic rings. The molecule has 31 heavy (non-hydrogen) atoms. The van der Waals surface area contributed by atoms with Crippen LogP contribution < -0.4 is 5.32 Å². The molecule has 0 saturated heterocycles. The van der Waals surface area contributed by atoms with Gasteiger partial charge in [0.05, 0.1) is 0 Å². The fraction of sp³-hybridized carbons (Fsp3) is 0.679. The summed E-state index contributed by atoms with van der Waals surface area (Å²) in [6, 6.07) is 7.51. The van der Waals surface area contributed by atoms with Crippen molar-refractivity contribution in [2.24, 2.45) is 0 Å². The van der Waals surface area contributed by atoms with Gasteiger partial charge >= 0.3 is 0 Å². The number of rotatable bonds is 20. The zero-order valence-corrected chi connectivity index (χ0v) is 20.0. The molecule has 3 heteroatoms. The van der Waals surface area contributed by atoms with Crippen LogP contribution in [0.3, 0.4) is 0 Å². The molecule has 0 heterocycles. The fourth-order valence-corrected chi connectivity index (χ4v) is 4.04. The lowest BCUT2D eigenvalue weighted by Crippen LogP contribution is -2.24. The summed E-state index contributed by atoms with van der Waals surface area (Å²) in [7, 11) is 0. The average Bonchev–Trinajstić information content (AvgIpc) is 2.78. The lowest BCUT2D eigenvalue weighted by atomic mass is 10.0. The van der Waals surface area contributed by atoms with Crippen molar-refractivity contribution >= 4 is 12.0 Å². The van der Waals surface area contributed by atoms with E-state index in [0.717, 1.165) is 12.0 Å². The molecular formula is C28H47NO2. The molecule has 1 amide bonds. The minimum Gasteiger partial charge on any atom is -0.376 e. The zero-order chi connectivity index (χ0) is 22.4. The number of carbonyl (C=O) groups is 1. The first-order chi connectivity index (χ1) is 15.3. The number of aliphatic hydroxyl groups is 1. The Morgan fingerprint density at radius 2 is 1.26 bits per heavy atom. The first-order valence-corrected chi connectivity index (χ1v) is 12.9. The third-order valence-corrected chi connectivity index (χ3v) is 5.97. The van der Waals surface area contributed by atoms with Gasteiger partial charge in [-0.2, -0.15) is 0 Å². The van der Waals surface area contributed by atoms with Crippen LogP contribution in [0.15, 0.2) is 30.3 Å². The van der Waals surface area contributed by atoms with Crippen LogP contribution in [0.5, 0.6) is 0 Å². The maximum atomic E-state index is 12.0. The van der Waals surface area contributed by atoms with Gasteiger partial charge < -0.3 is 10.4 Å². The Morgan fingerprint density at radius 1 is 0.774 bits per heavy atom. The van der Waals surface area contributed by atoms with Crippen LogP contribution >= 0.6 is 0 Å². The summed E-state index contributed by atoms with van der Waals surface area (Å²) in [5.74, 6) is -0.231. The second-order valence-electron chi connectivity index (χ2n) is 8.75. The van der Waals surface area contributed by atoms with Crippen LogP contribution in [-0.4, -0.2) is 17.7 Å². The molecule has 0 aliphatic carbocycles. The molecule has 1 aromatic carbocycles. The molecule has 0 aliphatic rings. The van der Waals surface area contributed by atoms with Crippen molar-refractivity contribution in [2.75, 3.05) is 6.73 Å². The van der Waals surface area contributed by atoms with Gasteiger partial charge in [-0.25, -0.2) is 0 Å². The summed E-state index contributed by atoms with van der Waals surface area (Å²) in [6.07, 6.45) is 27.5. The fourth-order valence-electron chi connectivity index (χ4n) is 4.04. The van der Waals surface area contributed by atoms with Crippen molar-refractivity contribution in [2.45, 2.75) is 116 Å². The molecule has 176 valence electrons. The SMILES string of the molecule is CCCCCCCCCCCCCCCCCCC=Cc1ccccc1C(=O)NCO. The van der Waals surface area contributed by atoms with Gasteiger partial charge in [0.15, 0.2) is 0 Å². The predicted molar refractivity (Wildman–Crippen MR) is 134 cm³/mol. The molecule has 0 bridgehead atoms. The zero-order valence-electron chi connectivity index (χ0n) is 20.0. The van der Waals surface area contributed by atoms with Crippen molar-refractivity contribution < 1.29 is 9.90 Å². The van der Waals surface area contributed by atoms with E-state index in [1.807, 2.05) is 24.3 Å². The average molecular weight is 430 g/mol. The van der Waals surface area contributed by atoms with E-state index in [1.165, 1.54) is 103 Å². The quantitative estimate of drug-likeness (QED) is 0.163. The van der Waals surface area contributed by atoms with Crippen molar-refractivity contribution in [3.63, 3.8) is 0 Å². The highest BCUT2D eigenvalue weighted by atomic mass is 16.3. The van der Waals surface area contributed by atoms with Crippen molar-refractivity contribution in [3.8, 4) is 0 Å². The number of hydrogen-bond acceptors (Lipinski definition) is 2. The van der Waals surface area contributed by atoms with Crippen LogP contribution in [0, 0.1) is 0 Å². The van der Waals surface area contributed by atoms with Crippen LogP contribution in [0.2, 0.25) is 0 Å². The maximum Gasteiger partial charge on any atom is 0.253 e. The predicted octanol–water partition coefficient (Wildman–Crippen LogP) is 8.03. The second-order valence-corrected chi connectivity index (χ2v) is 8.75. The molecule has 2 N–H and O–H groups in total. The minimum absolute atomic E-state index is 0.231. The summed E-state index contributed by atoms with van der Waals surface area (Å²) in [4.78, 5) is 12.0. The molecule has 0 saturated carbocycles. The number of benzene rings is 1. The number of hydrogen-bond donors (Lipinski definition) is 2. The highest BCUT2D eigenvalue weighted by molar-refractivity contribution is 5.97. The smallest absolute Gasteiger partial charge is 0.253 e. The van der Waals surface area contributed by atoms with E-state index in [0.29, 0.717) is 5.56 Å². The van der Waals surface area contributed by atoms with Gasteiger partial charge in [-0.15, -0.1) is 0 Å². The highest BCUT2D eigenvalue weighted by Gasteiger charge is 2.07. The van der Waals surface area contributed by atoms with E-state index in [2.05, 4.69) is 18.3 Å². The van der Waals surface area contributed by atoms with E-state index >= 15 is 0 Å². The Bertz CT molecular complexity index is 582. The van der Waals surface area contributed by atoms with E-state index in [9.17, 15) is 4.79 Å². The highest BCUT2D eigenvalue weighted by Crippen LogP contribution is 2.15. The van der Waals surface area contributed by atoms with E-state index < -0.39 is 0 Å². The largest absolute Gasteiger partial charge is 0.376 e. The molecule has 0 fully saturated rings. The van der Waals surface area contributed by atoms with Gasteiger partial charge in [0, 0.05) is 5.56 Å². The summed E-state index contributed by atoms with van der Waals surface area (Å²) in [5, 5.41) is 11.3. The Kier molecular flexibility index (Phi) is 18.0. The molecule has 0 atom stereocenters. The molecule has 0 aliphatic heterocycles. The summed E-state index contributed by atoms with van der Waals surface area (Å²) in [6.45, 7) is 1.95. The summed E-state index contributed by atoms with van der Waals surface area (Å²) < 4.78 is 0. The second kappa shape index (κ2) is 20.3.